The van der Waals surface area contributed by atoms with Crippen molar-refractivity contribution in [2.75, 3.05) is 7.11 Å². The Bertz CT molecular complexity index is 407. The van der Waals surface area contributed by atoms with Gasteiger partial charge in [0.05, 0.1) is 18.6 Å². The number of halogens is 3. The molecule has 0 amide bonds. The van der Waals surface area contributed by atoms with E-state index in [0.717, 1.165) is 13.2 Å². The van der Waals surface area contributed by atoms with E-state index in [2.05, 4.69) is 4.74 Å². The van der Waals surface area contributed by atoms with E-state index in [9.17, 15) is 13.6 Å². The molecule has 1 aromatic carbocycles. The van der Waals surface area contributed by atoms with Gasteiger partial charge in [0.1, 0.15) is 5.82 Å². The van der Waals surface area contributed by atoms with E-state index in [1.807, 2.05) is 0 Å². The van der Waals surface area contributed by atoms with E-state index in [1.54, 1.807) is 0 Å². The van der Waals surface area contributed by atoms with Crippen LogP contribution in [-0.4, -0.2) is 18.2 Å². The van der Waals surface area contributed by atoms with Gasteiger partial charge in [0, 0.05) is 5.56 Å². The number of rotatable bonds is 3. The van der Waals surface area contributed by atoms with E-state index in [1.165, 1.54) is 0 Å². The van der Waals surface area contributed by atoms with Crippen LogP contribution in [0, 0.1) is 11.6 Å². The predicted molar refractivity (Wildman–Crippen MR) is 49.3 cm³/mol. The number of aliphatic carboxylic acids is 1. The normalized spacial score (nSPS) is 10.1. The molecule has 0 saturated carbocycles. The van der Waals surface area contributed by atoms with Crippen LogP contribution in [0.5, 0.6) is 5.75 Å². The largest absolute Gasteiger partial charge is 0.493 e. The van der Waals surface area contributed by atoms with E-state index < -0.39 is 40.4 Å². The first-order chi connectivity index (χ1) is 6.97. The second kappa shape index (κ2) is 4.44. The molecular weight excluding hydrogens is 230 g/mol. The third kappa shape index (κ3) is 2.36. The third-order valence-corrected chi connectivity index (χ3v) is 2.03. The van der Waals surface area contributed by atoms with Crippen LogP contribution in [-0.2, 0) is 11.2 Å². The first kappa shape index (κ1) is 11.7. The lowest BCUT2D eigenvalue weighted by Crippen LogP contribution is -2.07. The first-order valence-corrected chi connectivity index (χ1v) is 4.27. The molecule has 1 aromatic rings. The highest BCUT2D eigenvalue weighted by molar-refractivity contribution is 6.30. The van der Waals surface area contributed by atoms with Crippen molar-refractivity contribution in [2.45, 2.75) is 6.42 Å². The highest BCUT2D eigenvalue weighted by atomic mass is 35.5. The summed E-state index contributed by atoms with van der Waals surface area (Å²) in [5.41, 5.74) is -0.394. The van der Waals surface area contributed by atoms with Gasteiger partial charge in [0.15, 0.2) is 11.6 Å². The summed E-state index contributed by atoms with van der Waals surface area (Å²) in [5, 5.41) is 8.04. The molecule has 0 spiro atoms. The molecule has 82 valence electrons. The predicted octanol–water partition coefficient (Wildman–Crippen LogP) is 2.25. The zero-order valence-corrected chi connectivity index (χ0v) is 8.44. The van der Waals surface area contributed by atoms with Gasteiger partial charge in [-0.25, -0.2) is 8.78 Å². The molecule has 0 unspecified atom stereocenters. The van der Waals surface area contributed by atoms with Gasteiger partial charge in [-0.3, -0.25) is 4.79 Å². The van der Waals surface area contributed by atoms with E-state index in [4.69, 9.17) is 16.7 Å². The number of carbonyl (C=O) groups is 1. The molecule has 6 heteroatoms. The topological polar surface area (TPSA) is 46.5 Å². The summed E-state index contributed by atoms with van der Waals surface area (Å²) in [5.74, 6) is -3.59. The van der Waals surface area contributed by atoms with Crippen molar-refractivity contribution in [3.63, 3.8) is 0 Å². The quantitative estimate of drug-likeness (QED) is 0.819. The molecule has 1 rings (SSSR count). The lowest BCUT2D eigenvalue weighted by atomic mass is 10.1. The van der Waals surface area contributed by atoms with Gasteiger partial charge in [-0.1, -0.05) is 11.6 Å². The Morgan fingerprint density at radius 1 is 1.60 bits per heavy atom. The molecule has 0 aliphatic rings. The van der Waals surface area contributed by atoms with Gasteiger partial charge in [-0.05, 0) is 6.07 Å². The zero-order valence-electron chi connectivity index (χ0n) is 7.68. The maximum Gasteiger partial charge on any atom is 0.308 e. The van der Waals surface area contributed by atoms with Crippen molar-refractivity contribution in [3.05, 3.63) is 28.3 Å². The van der Waals surface area contributed by atoms with E-state index in [-0.39, 0.29) is 0 Å². The maximum absolute atomic E-state index is 13.3. The molecule has 0 fully saturated rings. The van der Waals surface area contributed by atoms with Crippen LogP contribution < -0.4 is 4.74 Å². The summed E-state index contributed by atoms with van der Waals surface area (Å²) < 4.78 is 31.1. The average Bonchev–Trinajstić information content (AvgIpc) is 2.13. The Morgan fingerprint density at radius 3 is 2.67 bits per heavy atom. The van der Waals surface area contributed by atoms with Crippen molar-refractivity contribution in [1.82, 2.24) is 0 Å². The molecule has 0 aromatic heterocycles. The van der Waals surface area contributed by atoms with Crippen LogP contribution in [0.4, 0.5) is 8.78 Å². The van der Waals surface area contributed by atoms with Gasteiger partial charge >= 0.3 is 5.97 Å². The molecule has 0 aliphatic heterocycles. The number of hydrogen-bond acceptors (Lipinski definition) is 2. The first-order valence-electron chi connectivity index (χ1n) is 3.89. The molecule has 0 aliphatic carbocycles. The van der Waals surface area contributed by atoms with Crippen molar-refractivity contribution < 1.29 is 23.4 Å². The second-order valence-corrected chi connectivity index (χ2v) is 3.14. The molecule has 0 atom stereocenters. The minimum atomic E-state index is -1.30. The smallest absolute Gasteiger partial charge is 0.308 e. The van der Waals surface area contributed by atoms with E-state index >= 15 is 0 Å². The summed E-state index contributed by atoms with van der Waals surface area (Å²) in [6, 6.07) is 0.737. The van der Waals surface area contributed by atoms with Crippen molar-refractivity contribution in [3.8, 4) is 5.75 Å². The van der Waals surface area contributed by atoms with Gasteiger partial charge in [0.25, 0.3) is 0 Å². The SMILES string of the molecule is COc1c(F)cc(Cl)c(F)c1CC(=O)O. The number of hydrogen-bond donors (Lipinski definition) is 1. The Balaban J connectivity index is 3.36. The summed E-state index contributed by atoms with van der Waals surface area (Å²) in [6.45, 7) is 0. The molecule has 0 heterocycles. The average molecular weight is 237 g/mol. The lowest BCUT2D eigenvalue weighted by Gasteiger charge is -2.09. The Morgan fingerprint density at radius 2 is 2.20 bits per heavy atom. The third-order valence-electron chi connectivity index (χ3n) is 1.75. The summed E-state index contributed by atoms with van der Waals surface area (Å²) in [7, 11) is 1.12. The van der Waals surface area contributed by atoms with Crippen LogP contribution in [0.3, 0.4) is 0 Å². The van der Waals surface area contributed by atoms with Crippen LogP contribution in [0.2, 0.25) is 5.02 Å². The van der Waals surface area contributed by atoms with Gasteiger partial charge < -0.3 is 9.84 Å². The molecule has 3 nitrogen and oxygen atoms in total. The second-order valence-electron chi connectivity index (χ2n) is 2.74. The Hall–Kier alpha value is -1.36. The number of carboxylic acid groups (broad SMARTS) is 1. The number of methoxy groups -OCH3 is 1. The number of ether oxygens (including phenoxy) is 1. The summed E-state index contributed by atoms with van der Waals surface area (Å²) >= 11 is 5.37. The molecule has 0 radical (unpaired) electrons. The molecule has 0 bridgehead atoms. The van der Waals surface area contributed by atoms with Crippen molar-refractivity contribution in [1.29, 1.82) is 0 Å². The molecule has 1 N–H and O–H groups in total. The maximum atomic E-state index is 13.3. The molecule has 15 heavy (non-hydrogen) atoms. The monoisotopic (exact) mass is 236 g/mol. The van der Waals surface area contributed by atoms with Crippen LogP contribution in [0.15, 0.2) is 6.07 Å². The lowest BCUT2D eigenvalue weighted by molar-refractivity contribution is -0.136. The molecular formula is C9H7ClF2O3. The standard InChI is InChI=1S/C9H7ClF2O3/c1-15-9-4(2-7(13)14)8(12)5(10)3-6(9)11/h3H,2H2,1H3,(H,13,14). The fourth-order valence-electron chi connectivity index (χ4n) is 1.16. The minimum absolute atomic E-state index is 0.394. The van der Waals surface area contributed by atoms with Crippen LogP contribution >= 0.6 is 11.6 Å². The van der Waals surface area contributed by atoms with Gasteiger partial charge in [-0.15, -0.1) is 0 Å². The van der Waals surface area contributed by atoms with E-state index in [0.29, 0.717) is 0 Å². The van der Waals surface area contributed by atoms with Crippen LogP contribution in [0.1, 0.15) is 5.56 Å². The zero-order chi connectivity index (χ0) is 11.6. The van der Waals surface area contributed by atoms with Crippen molar-refractivity contribution >= 4 is 17.6 Å². The fraction of sp³-hybridized carbons (Fsp3) is 0.222. The highest BCUT2D eigenvalue weighted by Gasteiger charge is 2.20. The minimum Gasteiger partial charge on any atom is -0.493 e. The summed E-state index contributed by atoms with van der Waals surface area (Å²) in [4.78, 5) is 10.4. The molecule has 0 saturated heterocycles. The van der Waals surface area contributed by atoms with Crippen LogP contribution in [0.25, 0.3) is 0 Å². The highest BCUT2D eigenvalue weighted by Crippen LogP contribution is 2.30. The number of benzene rings is 1. The van der Waals surface area contributed by atoms with Gasteiger partial charge in [-0.2, -0.15) is 0 Å². The Labute approximate surface area is 89.2 Å². The summed E-state index contributed by atoms with van der Waals surface area (Å²) in [6.07, 6.45) is -0.688. The van der Waals surface area contributed by atoms with Gasteiger partial charge in [0.2, 0.25) is 0 Å². The Kier molecular flexibility index (Phi) is 3.47. The number of carboxylic acids is 1. The van der Waals surface area contributed by atoms with Crippen molar-refractivity contribution in [2.24, 2.45) is 0 Å². The fourth-order valence-corrected chi connectivity index (χ4v) is 1.37.